The Kier molecular flexibility index (Phi) is 7.34. The minimum absolute atomic E-state index is 0.0695. The molecule has 0 aliphatic rings. The number of rotatable bonds is 8. The Morgan fingerprint density at radius 1 is 1.00 bits per heavy atom. The fraction of sp³-hybridized carbons (Fsp3) is 0.381. The van der Waals surface area contributed by atoms with Gasteiger partial charge in [-0.15, -0.1) is 0 Å². The molecule has 144 valence electrons. The van der Waals surface area contributed by atoms with Crippen molar-refractivity contribution in [3.05, 3.63) is 59.9 Å². The molecule has 0 atom stereocenters. The van der Waals surface area contributed by atoms with E-state index >= 15 is 0 Å². The summed E-state index contributed by atoms with van der Waals surface area (Å²) in [6.07, 6.45) is 3.58. The fourth-order valence-electron chi connectivity index (χ4n) is 2.51. The van der Waals surface area contributed by atoms with E-state index in [0.717, 1.165) is 11.1 Å². The van der Waals surface area contributed by atoms with Crippen LogP contribution >= 0.6 is 0 Å². The molecule has 27 heavy (non-hydrogen) atoms. The van der Waals surface area contributed by atoms with Crippen molar-refractivity contribution in [1.29, 1.82) is 0 Å². The molecule has 0 aliphatic carbocycles. The molecule has 0 saturated heterocycles. The maximum absolute atomic E-state index is 12.0. The SMILES string of the molecule is CC(C)(C)c1ccccc1OCC(=O)NCCC(=O)NCc1ccncc1. The number of para-hydroxylation sites is 1. The number of carbonyl (C=O) groups excluding carboxylic acids is 2. The minimum Gasteiger partial charge on any atom is -0.483 e. The van der Waals surface area contributed by atoms with Crippen LogP contribution in [0.4, 0.5) is 0 Å². The van der Waals surface area contributed by atoms with Gasteiger partial charge in [0, 0.05) is 31.9 Å². The maximum atomic E-state index is 12.0. The van der Waals surface area contributed by atoms with Gasteiger partial charge in [-0.25, -0.2) is 0 Å². The second kappa shape index (κ2) is 9.71. The highest BCUT2D eigenvalue weighted by Gasteiger charge is 2.18. The summed E-state index contributed by atoms with van der Waals surface area (Å²) < 4.78 is 5.67. The van der Waals surface area contributed by atoms with Gasteiger partial charge in [-0.05, 0) is 34.7 Å². The smallest absolute Gasteiger partial charge is 0.257 e. The lowest BCUT2D eigenvalue weighted by molar-refractivity contribution is -0.123. The monoisotopic (exact) mass is 369 g/mol. The Labute approximate surface area is 160 Å². The van der Waals surface area contributed by atoms with Crippen LogP contribution < -0.4 is 15.4 Å². The van der Waals surface area contributed by atoms with Gasteiger partial charge in [-0.3, -0.25) is 14.6 Å². The van der Waals surface area contributed by atoms with E-state index in [-0.39, 0.29) is 36.8 Å². The molecule has 2 rings (SSSR count). The number of ether oxygens (including phenoxy) is 1. The standard InChI is InChI=1S/C21H27N3O3/c1-21(2,3)17-6-4-5-7-18(17)27-15-20(26)23-13-10-19(25)24-14-16-8-11-22-12-9-16/h4-9,11-12H,10,13-15H2,1-3H3,(H,23,26)(H,24,25). The highest BCUT2D eigenvalue weighted by Crippen LogP contribution is 2.30. The van der Waals surface area contributed by atoms with Crippen molar-refractivity contribution in [2.75, 3.05) is 13.2 Å². The van der Waals surface area contributed by atoms with Crippen LogP contribution in [0.25, 0.3) is 0 Å². The molecule has 6 nitrogen and oxygen atoms in total. The molecule has 0 fully saturated rings. The molecule has 0 radical (unpaired) electrons. The zero-order valence-electron chi connectivity index (χ0n) is 16.1. The largest absolute Gasteiger partial charge is 0.483 e. The first-order chi connectivity index (χ1) is 12.9. The first-order valence-corrected chi connectivity index (χ1v) is 9.01. The molecular weight excluding hydrogens is 342 g/mol. The van der Waals surface area contributed by atoms with Gasteiger partial charge in [-0.1, -0.05) is 39.0 Å². The van der Waals surface area contributed by atoms with Gasteiger partial charge < -0.3 is 15.4 Å². The molecular formula is C21H27N3O3. The van der Waals surface area contributed by atoms with Crippen LogP contribution in [0.2, 0.25) is 0 Å². The Bertz CT molecular complexity index is 755. The first-order valence-electron chi connectivity index (χ1n) is 9.01. The molecule has 1 aromatic carbocycles. The summed E-state index contributed by atoms with van der Waals surface area (Å²) in [6.45, 7) is 6.93. The zero-order chi connectivity index (χ0) is 19.7. The van der Waals surface area contributed by atoms with Crippen LogP contribution in [0.5, 0.6) is 5.75 Å². The molecule has 1 heterocycles. The summed E-state index contributed by atoms with van der Waals surface area (Å²) in [6, 6.07) is 11.4. The minimum atomic E-state index is -0.249. The molecule has 6 heteroatoms. The Balaban J connectivity index is 1.69. The lowest BCUT2D eigenvalue weighted by Crippen LogP contribution is -2.33. The molecule has 0 unspecified atom stereocenters. The van der Waals surface area contributed by atoms with E-state index < -0.39 is 0 Å². The number of nitrogens with one attached hydrogen (secondary N) is 2. The van der Waals surface area contributed by atoms with Crippen molar-refractivity contribution in [3.8, 4) is 5.75 Å². The van der Waals surface area contributed by atoms with Crippen molar-refractivity contribution in [2.24, 2.45) is 0 Å². The predicted molar refractivity (Wildman–Crippen MR) is 104 cm³/mol. The summed E-state index contributed by atoms with van der Waals surface area (Å²) in [5.74, 6) is 0.335. The third-order valence-electron chi connectivity index (χ3n) is 3.97. The Morgan fingerprint density at radius 2 is 1.70 bits per heavy atom. The molecule has 0 aliphatic heterocycles. The second-order valence-electron chi connectivity index (χ2n) is 7.27. The number of amides is 2. The van der Waals surface area contributed by atoms with E-state index in [0.29, 0.717) is 12.3 Å². The lowest BCUT2D eigenvalue weighted by Gasteiger charge is -2.22. The van der Waals surface area contributed by atoms with Gasteiger partial charge in [0.1, 0.15) is 5.75 Å². The zero-order valence-corrected chi connectivity index (χ0v) is 16.1. The first kappa shape index (κ1) is 20.4. The van der Waals surface area contributed by atoms with Crippen molar-refractivity contribution in [3.63, 3.8) is 0 Å². The predicted octanol–water partition coefficient (Wildman–Crippen LogP) is 2.58. The fourth-order valence-corrected chi connectivity index (χ4v) is 2.51. The van der Waals surface area contributed by atoms with E-state index in [9.17, 15) is 9.59 Å². The molecule has 2 amide bonds. The van der Waals surface area contributed by atoms with Gasteiger partial charge in [0.25, 0.3) is 5.91 Å². The van der Waals surface area contributed by atoms with Crippen LogP contribution in [-0.2, 0) is 21.5 Å². The van der Waals surface area contributed by atoms with Crippen molar-refractivity contribution >= 4 is 11.8 Å². The molecule has 0 spiro atoms. The number of hydrogen-bond acceptors (Lipinski definition) is 4. The topological polar surface area (TPSA) is 80.3 Å². The summed E-state index contributed by atoms with van der Waals surface area (Å²) >= 11 is 0. The quantitative estimate of drug-likeness (QED) is 0.749. The highest BCUT2D eigenvalue weighted by molar-refractivity contribution is 5.79. The molecule has 1 aromatic heterocycles. The molecule has 0 bridgehead atoms. The van der Waals surface area contributed by atoms with Crippen LogP contribution in [0, 0.1) is 0 Å². The van der Waals surface area contributed by atoms with Crippen LogP contribution in [0.15, 0.2) is 48.8 Å². The van der Waals surface area contributed by atoms with Gasteiger partial charge in [0.05, 0.1) is 0 Å². The number of aromatic nitrogens is 1. The summed E-state index contributed by atoms with van der Waals surface area (Å²) in [4.78, 5) is 27.7. The molecule has 2 aromatic rings. The summed E-state index contributed by atoms with van der Waals surface area (Å²) in [5.41, 5.74) is 1.96. The Morgan fingerprint density at radius 3 is 2.41 bits per heavy atom. The van der Waals surface area contributed by atoms with E-state index in [1.165, 1.54) is 0 Å². The number of nitrogens with zero attached hydrogens (tertiary/aromatic N) is 1. The third kappa shape index (κ3) is 7.09. The Hall–Kier alpha value is -2.89. The highest BCUT2D eigenvalue weighted by atomic mass is 16.5. The van der Waals surface area contributed by atoms with Gasteiger partial charge in [0.15, 0.2) is 6.61 Å². The van der Waals surface area contributed by atoms with Gasteiger partial charge >= 0.3 is 0 Å². The maximum Gasteiger partial charge on any atom is 0.257 e. The van der Waals surface area contributed by atoms with E-state index in [1.54, 1.807) is 12.4 Å². The number of carbonyl (C=O) groups is 2. The second-order valence-corrected chi connectivity index (χ2v) is 7.27. The van der Waals surface area contributed by atoms with Crippen LogP contribution in [0.1, 0.15) is 38.3 Å². The van der Waals surface area contributed by atoms with E-state index in [2.05, 4.69) is 36.4 Å². The van der Waals surface area contributed by atoms with Gasteiger partial charge in [-0.2, -0.15) is 0 Å². The number of benzene rings is 1. The van der Waals surface area contributed by atoms with Gasteiger partial charge in [0.2, 0.25) is 5.91 Å². The number of pyridine rings is 1. The van der Waals surface area contributed by atoms with Crippen LogP contribution in [-0.4, -0.2) is 29.9 Å². The summed E-state index contributed by atoms with van der Waals surface area (Å²) in [5, 5.41) is 5.51. The lowest BCUT2D eigenvalue weighted by atomic mass is 9.86. The molecule has 0 saturated carbocycles. The van der Waals surface area contributed by atoms with E-state index in [1.807, 2.05) is 36.4 Å². The summed E-state index contributed by atoms with van der Waals surface area (Å²) in [7, 11) is 0. The molecule has 2 N–H and O–H groups in total. The average molecular weight is 369 g/mol. The van der Waals surface area contributed by atoms with E-state index in [4.69, 9.17) is 4.74 Å². The van der Waals surface area contributed by atoms with Crippen molar-refractivity contribution in [1.82, 2.24) is 15.6 Å². The third-order valence-corrected chi connectivity index (χ3v) is 3.97. The average Bonchev–Trinajstić information content (AvgIpc) is 2.65. The number of hydrogen-bond donors (Lipinski definition) is 2. The van der Waals surface area contributed by atoms with Crippen molar-refractivity contribution in [2.45, 2.75) is 39.2 Å². The van der Waals surface area contributed by atoms with Crippen LogP contribution in [0.3, 0.4) is 0 Å². The van der Waals surface area contributed by atoms with Crippen molar-refractivity contribution < 1.29 is 14.3 Å². The normalized spacial score (nSPS) is 10.9.